The van der Waals surface area contributed by atoms with Crippen molar-refractivity contribution in [3.8, 4) is 0 Å². The average molecular weight is 408 g/mol. The number of hydrogen-bond donors (Lipinski definition) is 1. The van der Waals surface area contributed by atoms with Gasteiger partial charge in [-0.05, 0) is 81.6 Å². The number of nitrogens with one attached hydrogen (secondary N) is 1. The van der Waals surface area contributed by atoms with Crippen LogP contribution in [0, 0.1) is 12.8 Å². The van der Waals surface area contributed by atoms with Gasteiger partial charge < -0.3 is 5.32 Å². The Labute approximate surface area is 179 Å². The number of carbonyl (C=O) groups excluding carboxylic acids is 1. The first-order valence-corrected chi connectivity index (χ1v) is 11.2. The number of amides is 1. The second-order valence-corrected chi connectivity index (χ2v) is 8.68. The second-order valence-electron chi connectivity index (χ2n) is 8.68. The molecule has 1 atom stereocenters. The number of nitrogens with zero attached hydrogens (tertiary/aromatic N) is 4. The first-order chi connectivity index (χ1) is 14.7. The average Bonchev–Trinajstić information content (AvgIpc) is 2.80. The molecule has 4 heterocycles. The van der Waals surface area contributed by atoms with Gasteiger partial charge in [-0.2, -0.15) is 0 Å². The zero-order chi connectivity index (χ0) is 20.8. The van der Waals surface area contributed by atoms with Gasteiger partial charge in [-0.25, -0.2) is 0 Å². The SMILES string of the molecule is Cc1cccnc1CNC(=O)[C@@H]1CCCN(C2CCN(Cc3ccncc3)CC2)C1. The molecule has 1 amide bonds. The van der Waals surface area contributed by atoms with Crippen LogP contribution in [0.1, 0.15) is 42.5 Å². The molecular weight excluding hydrogens is 374 g/mol. The van der Waals surface area contributed by atoms with Crippen LogP contribution < -0.4 is 5.32 Å². The topological polar surface area (TPSA) is 61.4 Å². The van der Waals surface area contributed by atoms with E-state index in [1.807, 2.05) is 31.5 Å². The number of carbonyl (C=O) groups is 1. The number of aryl methyl sites for hydroxylation is 1. The van der Waals surface area contributed by atoms with E-state index in [1.165, 1.54) is 18.4 Å². The van der Waals surface area contributed by atoms with E-state index in [4.69, 9.17) is 0 Å². The highest BCUT2D eigenvalue weighted by molar-refractivity contribution is 5.78. The summed E-state index contributed by atoms with van der Waals surface area (Å²) in [7, 11) is 0. The summed E-state index contributed by atoms with van der Waals surface area (Å²) < 4.78 is 0. The lowest BCUT2D eigenvalue weighted by Gasteiger charge is -2.42. The number of piperidine rings is 2. The van der Waals surface area contributed by atoms with Gasteiger partial charge >= 0.3 is 0 Å². The van der Waals surface area contributed by atoms with Crippen LogP contribution in [0.25, 0.3) is 0 Å². The molecule has 2 aliphatic heterocycles. The molecule has 0 unspecified atom stereocenters. The Hall–Kier alpha value is -2.31. The van der Waals surface area contributed by atoms with Gasteiger partial charge in [0.05, 0.1) is 18.2 Å². The van der Waals surface area contributed by atoms with E-state index in [1.54, 1.807) is 6.20 Å². The van der Waals surface area contributed by atoms with Crippen molar-refractivity contribution in [2.45, 2.75) is 51.7 Å². The first kappa shape index (κ1) is 20.9. The van der Waals surface area contributed by atoms with Gasteiger partial charge in [0.15, 0.2) is 0 Å². The molecule has 1 N–H and O–H groups in total. The number of hydrogen-bond acceptors (Lipinski definition) is 5. The second kappa shape index (κ2) is 10.1. The molecule has 2 aliphatic rings. The molecule has 6 heteroatoms. The number of aromatic nitrogens is 2. The lowest BCUT2D eigenvalue weighted by Crippen LogP contribution is -2.50. The number of pyridine rings is 2. The van der Waals surface area contributed by atoms with Gasteiger partial charge in [0, 0.05) is 37.7 Å². The summed E-state index contributed by atoms with van der Waals surface area (Å²) in [5, 5.41) is 3.13. The minimum atomic E-state index is 0.0950. The van der Waals surface area contributed by atoms with Gasteiger partial charge in [0.25, 0.3) is 0 Å². The molecule has 160 valence electrons. The van der Waals surface area contributed by atoms with Gasteiger partial charge in [-0.15, -0.1) is 0 Å². The third-order valence-corrected chi connectivity index (χ3v) is 6.60. The van der Waals surface area contributed by atoms with E-state index in [0.717, 1.165) is 56.8 Å². The summed E-state index contributed by atoms with van der Waals surface area (Å²) in [4.78, 5) is 26.4. The van der Waals surface area contributed by atoms with Crippen molar-refractivity contribution in [1.29, 1.82) is 0 Å². The highest BCUT2D eigenvalue weighted by Gasteiger charge is 2.31. The van der Waals surface area contributed by atoms with Crippen LogP contribution in [0.3, 0.4) is 0 Å². The molecule has 0 bridgehead atoms. The lowest BCUT2D eigenvalue weighted by atomic mass is 9.93. The molecule has 0 aromatic carbocycles. The molecule has 30 heavy (non-hydrogen) atoms. The fourth-order valence-electron chi connectivity index (χ4n) is 4.76. The van der Waals surface area contributed by atoms with Crippen molar-refractivity contribution >= 4 is 5.91 Å². The monoisotopic (exact) mass is 407 g/mol. The Balaban J connectivity index is 1.24. The molecule has 2 aromatic rings. The van der Waals surface area contributed by atoms with Gasteiger partial charge in [-0.3, -0.25) is 24.6 Å². The molecule has 0 radical (unpaired) electrons. The predicted octanol–water partition coefficient (Wildman–Crippen LogP) is 2.78. The number of rotatable bonds is 6. The van der Waals surface area contributed by atoms with Gasteiger partial charge in [0.2, 0.25) is 5.91 Å². The van der Waals surface area contributed by atoms with Crippen LogP contribution in [0.4, 0.5) is 0 Å². The summed E-state index contributed by atoms with van der Waals surface area (Å²) in [6.07, 6.45) is 10.0. The molecule has 0 spiro atoms. The lowest BCUT2D eigenvalue weighted by molar-refractivity contribution is -0.127. The Morgan fingerprint density at radius 2 is 1.90 bits per heavy atom. The summed E-state index contributed by atoms with van der Waals surface area (Å²) in [6.45, 7) is 7.83. The maximum Gasteiger partial charge on any atom is 0.224 e. The van der Waals surface area contributed by atoms with E-state index in [-0.39, 0.29) is 11.8 Å². The van der Waals surface area contributed by atoms with Crippen LogP contribution in [0.5, 0.6) is 0 Å². The van der Waals surface area contributed by atoms with Crippen LogP contribution in [-0.2, 0) is 17.9 Å². The molecule has 0 saturated carbocycles. The first-order valence-electron chi connectivity index (χ1n) is 11.2. The largest absolute Gasteiger partial charge is 0.350 e. The fraction of sp³-hybridized carbons (Fsp3) is 0.542. The van der Waals surface area contributed by atoms with Crippen molar-refractivity contribution in [2.75, 3.05) is 26.2 Å². The van der Waals surface area contributed by atoms with Crippen LogP contribution in [-0.4, -0.2) is 57.9 Å². The molecule has 0 aliphatic carbocycles. The van der Waals surface area contributed by atoms with Gasteiger partial charge in [-0.1, -0.05) is 6.07 Å². The third-order valence-electron chi connectivity index (χ3n) is 6.60. The minimum Gasteiger partial charge on any atom is -0.350 e. The summed E-state index contributed by atoms with van der Waals surface area (Å²) in [6, 6.07) is 8.78. The van der Waals surface area contributed by atoms with E-state index in [2.05, 4.69) is 37.2 Å². The standard InChI is InChI=1S/C24H33N5O/c1-19-4-2-10-26-23(19)16-27-24(30)21-5-3-13-29(18-21)22-8-14-28(15-9-22)17-20-6-11-25-12-7-20/h2,4,6-7,10-12,21-22H,3,5,8-9,13-18H2,1H3,(H,27,30)/t21-/m1/s1. The normalized spacial score (nSPS) is 21.4. The molecule has 2 saturated heterocycles. The zero-order valence-corrected chi connectivity index (χ0v) is 18.0. The predicted molar refractivity (Wildman–Crippen MR) is 118 cm³/mol. The van der Waals surface area contributed by atoms with Crippen LogP contribution >= 0.6 is 0 Å². The summed E-state index contributed by atoms with van der Waals surface area (Å²) in [5.41, 5.74) is 3.42. The van der Waals surface area contributed by atoms with Crippen molar-refractivity contribution in [3.05, 3.63) is 59.7 Å². The summed E-state index contributed by atoms with van der Waals surface area (Å²) in [5.74, 6) is 0.275. The Kier molecular flexibility index (Phi) is 7.07. The fourth-order valence-corrected chi connectivity index (χ4v) is 4.76. The van der Waals surface area contributed by atoms with E-state index in [0.29, 0.717) is 12.6 Å². The summed E-state index contributed by atoms with van der Waals surface area (Å²) >= 11 is 0. The van der Waals surface area contributed by atoms with Crippen molar-refractivity contribution in [3.63, 3.8) is 0 Å². The Morgan fingerprint density at radius 1 is 1.10 bits per heavy atom. The van der Waals surface area contributed by atoms with Crippen molar-refractivity contribution in [1.82, 2.24) is 25.1 Å². The highest BCUT2D eigenvalue weighted by Crippen LogP contribution is 2.24. The Bertz CT molecular complexity index is 819. The van der Waals surface area contributed by atoms with Gasteiger partial charge in [0.1, 0.15) is 0 Å². The van der Waals surface area contributed by atoms with E-state index < -0.39 is 0 Å². The zero-order valence-electron chi connectivity index (χ0n) is 18.0. The molecular formula is C24H33N5O. The molecule has 4 rings (SSSR count). The molecule has 2 aromatic heterocycles. The minimum absolute atomic E-state index is 0.0950. The van der Waals surface area contributed by atoms with Crippen molar-refractivity contribution in [2.24, 2.45) is 5.92 Å². The maximum absolute atomic E-state index is 12.8. The van der Waals surface area contributed by atoms with Crippen molar-refractivity contribution < 1.29 is 4.79 Å². The Morgan fingerprint density at radius 3 is 2.67 bits per heavy atom. The van der Waals surface area contributed by atoms with E-state index in [9.17, 15) is 4.79 Å². The van der Waals surface area contributed by atoms with E-state index >= 15 is 0 Å². The molecule has 6 nitrogen and oxygen atoms in total. The quantitative estimate of drug-likeness (QED) is 0.798. The number of likely N-dealkylation sites (tertiary alicyclic amines) is 2. The molecule has 2 fully saturated rings. The maximum atomic E-state index is 12.8. The highest BCUT2D eigenvalue weighted by atomic mass is 16.1. The smallest absolute Gasteiger partial charge is 0.224 e. The van der Waals surface area contributed by atoms with Crippen LogP contribution in [0.15, 0.2) is 42.9 Å². The van der Waals surface area contributed by atoms with Crippen LogP contribution in [0.2, 0.25) is 0 Å². The third kappa shape index (κ3) is 5.43.